The maximum Gasteiger partial charge on any atom is 0.309 e. The van der Waals surface area contributed by atoms with Crippen molar-refractivity contribution in [3.63, 3.8) is 0 Å². The molecule has 3 nitrogen and oxygen atoms in total. The Labute approximate surface area is 102 Å². The first kappa shape index (κ1) is 10.9. The standard InChI is InChI=1S/C11H11IO3/c12-8-3-1-2-7(6-8)10-9(11(13)14)4-5-15-10/h1-3,6,9-10H,4-5H2,(H,13,14). The Balaban J connectivity index is 2.26. The van der Waals surface area contributed by atoms with Crippen LogP contribution >= 0.6 is 22.6 Å². The molecule has 0 spiro atoms. The van der Waals surface area contributed by atoms with Crippen LogP contribution in [0.15, 0.2) is 24.3 Å². The van der Waals surface area contributed by atoms with E-state index in [0.29, 0.717) is 13.0 Å². The van der Waals surface area contributed by atoms with Gasteiger partial charge in [0.1, 0.15) is 0 Å². The van der Waals surface area contributed by atoms with Crippen molar-refractivity contribution in [2.24, 2.45) is 5.92 Å². The third-order valence-corrected chi connectivity index (χ3v) is 3.26. The molecule has 1 aromatic carbocycles. The topological polar surface area (TPSA) is 46.5 Å². The second kappa shape index (κ2) is 4.49. The zero-order chi connectivity index (χ0) is 10.8. The average Bonchev–Trinajstić information content (AvgIpc) is 2.65. The molecule has 1 heterocycles. The van der Waals surface area contributed by atoms with Gasteiger partial charge in [-0.05, 0) is 46.7 Å². The monoisotopic (exact) mass is 318 g/mol. The van der Waals surface area contributed by atoms with Crippen LogP contribution in [0.1, 0.15) is 18.1 Å². The molecule has 1 saturated heterocycles. The van der Waals surface area contributed by atoms with Gasteiger partial charge in [0.15, 0.2) is 0 Å². The number of halogens is 1. The fraction of sp³-hybridized carbons (Fsp3) is 0.364. The van der Waals surface area contributed by atoms with E-state index in [0.717, 1.165) is 9.13 Å². The van der Waals surface area contributed by atoms with Crippen LogP contribution < -0.4 is 0 Å². The highest BCUT2D eigenvalue weighted by Gasteiger charge is 2.35. The number of hydrogen-bond acceptors (Lipinski definition) is 2. The first-order valence-electron chi connectivity index (χ1n) is 4.78. The van der Waals surface area contributed by atoms with Crippen molar-refractivity contribution >= 4 is 28.6 Å². The van der Waals surface area contributed by atoms with E-state index in [-0.39, 0.29) is 6.10 Å². The fourth-order valence-electron chi connectivity index (χ4n) is 1.85. The van der Waals surface area contributed by atoms with Crippen LogP contribution in [0.5, 0.6) is 0 Å². The zero-order valence-electron chi connectivity index (χ0n) is 8.02. The van der Waals surface area contributed by atoms with E-state index in [2.05, 4.69) is 22.6 Å². The maximum atomic E-state index is 11.0. The largest absolute Gasteiger partial charge is 0.481 e. The van der Waals surface area contributed by atoms with Gasteiger partial charge < -0.3 is 9.84 Å². The Morgan fingerprint density at radius 1 is 1.53 bits per heavy atom. The molecule has 2 rings (SSSR count). The average molecular weight is 318 g/mol. The molecular formula is C11H11IO3. The lowest BCUT2D eigenvalue weighted by atomic mass is 9.96. The number of carbonyl (C=O) groups is 1. The van der Waals surface area contributed by atoms with Gasteiger partial charge in [-0.1, -0.05) is 12.1 Å². The molecule has 1 aliphatic rings. The Bertz CT molecular complexity index is 378. The second-order valence-corrected chi connectivity index (χ2v) is 4.83. The minimum Gasteiger partial charge on any atom is -0.481 e. The predicted molar refractivity (Wildman–Crippen MR) is 63.6 cm³/mol. The number of aliphatic carboxylic acids is 1. The van der Waals surface area contributed by atoms with E-state index in [4.69, 9.17) is 9.84 Å². The number of benzene rings is 1. The van der Waals surface area contributed by atoms with Crippen LogP contribution in [0.2, 0.25) is 0 Å². The summed E-state index contributed by atoms with van der Waals surface area (Å²) in [5.41, 5.74) is 0.965. The first-order valence-corrected chi connectivity index (χ1v) is 5.86. The third kappa shape index (κ3) is 2.31. The Hall–Kier alpha value is -0.620. The van der Waals surface area contributed by atoms with Crippen LogP contribution in [-0.4, -0.2) is 17.7 Å². The summed E-state index contributed by atoms with van der Waals surface area (Å²) in [6.07, 6.45) is 0.322. The van der Waals surface area contributed by atoms with E-state index in [9.17, 15) is 4.79 Å². The lowest BCUT2D eigenvalue weighted by molar-refractivity contribution is -0.143. The lowest BCUT2D eigenvalue weighted by Gasteiger charge is -2.15. The number of carboxylic acid groups (broad SMARTS) is 1. The number of hydrogen-bond donors (Lipinski definition) is 1. The van der Waals surface area contributed by atoms with E-state index < -0.39 is 11.9 Å². The molecule has 2 atom stereocenters. The van der Waals surface area contributed by atoms with E-state index in [1.165, 1.54) is 0 Å². The molecule has 15 heavy (non-hydrogen) atoms. The minimum atomic E-state index is -0.767. The van der Waals surface area contributed by atoms with E-state index in [1.807, 2.05) is 24.3 Å². The summed E-state index contributed by atoms with van der Waals surface area (Å²) in [6.45, 7) is 0.535. The van der Waals surface area contributed by atoms with Crippen molar-refractivity contribution in [2.45, 2.75) is 12.5 Å². The molecule has 0 saturated carbocycles. The highest BCUT2D eigenvalue weighted by atomic mass is 127. The SMILES string of the molecule is O=C(O)C1CCOC1c1cccc(I)c1. The van der Waals surface area contributed by atoms with E-state index >= 15 is 0 Å². The molecule has 1 fully saturated rings. The normalized spacial score (nSPS) is 25.4. The molecule has 80 valence electrons. The highest BCUT2D eigenvalue weighted by Crippen LogP contribution is 2.34. The van der Waals surface area contributed by atoms with Crippen LogP contribution in [0, 0.1) is 9.49 Å². The minimum absolute atomic E-state index is 0.280. The van der Waals surface area contributed by atoms with Crippen molar-refractivity contribution in [3.05, 3.63) is 33.4 Å². The Morgan fingerprint density at radius 2 is 2.33 bits per heavy atom. The van der Waals surface area contributed by atoms with Crippen LogP contribution in [0.25, 0.3) is 0 Å². The van der Waals surface area contributed by atoms with Gasteiger partial charge >= 0.3 is 5.97 Å². The summed E-state index contributed by atoms with van der Waals surface area (Å²) >= 11 is 2.21. The molecule has 0 aliphatic carbocycles. The van der Waals surface area contributed by atoms with E-state index in [1.54, 1.807) is 0 Å². The van der Waals surface area contributed by atoms with Gasteiger partial charge in [-0.3, -0.25) is 4.79 Å². The third-order valence-electron chi connectivity index (χ3n) is 2.59. The van der Waals surface area contributed by atoms with Gasteiger partial charge in [0.25, 0.3) is 0 Å². The molecule has 1 aromatic rings. The van der Waals surface area contributed by atoms with Gasteiger partial charge in [-0.25, -0.2) is 0 Å². The maximum absolute atomic E-state index is 11.0. The predicted octanol–water partition coefficient (Wildman–Crippen LogP) is 2.45. The van der Waals surface area contributed by atoms with Gasteiger partial charge in [-0.2, -0.15) is 0 Å². The summed E-state index contributed by atoms with van der Waals surface area (Å²) in [4.78, 5) is 11.0. The summed E-state index contributed by atoms with van der Waals surface area (Å²) < 4.78 is 6.59. The van der Waals surface area contributed by atoms with Crippen molar-refractivity contribution in [1.29, 1.82) is 0 Å². The van der Waals surface area contributed by atoms with Crippen molar-refractivity contribution < 1.29 is 14.6 Å². The van der Waals surface area contributed by atoms with Gasteiger partial charge in [-0.15, -0.1) is 0 Å². The van der Waals surface area contributed by atoms with Gasteiger partial charge in [0.2, 0.25) is 0 Å². The summed E-state index contributed by atoms with van der Waals surface area (Å²) in [5.74, 6) is -1.17. The van der Waals surface area contributed by atoms with Crippen LogP contribution in [0.3, 0.4) is 0 Å². The lowest BCUT2D eigenvalue weighted by Crippen LogP contribution is -2.17. The number of carboxylic acids is 1. The van der Waals surface area contributed by atoms with Crippen molar-refractivity contribution in [1.82, 2.24) is 0 Å². The molecule has 0 radical (unpaired) electrons. The van der Waals surface area contributed by atoms with Crippen molar-refractivity contribution in [3.8, 4) is 0 Å². The quantitative estimate of drug-likeness (QED) is 0.852. The summed E-state index contributed by atoms with van der Waals surface area (Å²) in [5, 5.41) is 9.03. The highest BCUT2D eigenvalue weighted by molar-refractivity contribution is 14.1. The first-order chi connectivity index (χ1) is 7.18. The summed E-state index contributed by atoms with van der Waals surface area (Å²) in [6, 6.07) is 7.81. The van der Waals surface area contributed by atoms with Crippen LogP contribution in [0.4, 0.5) is 0 Å². The Morgan fingerprint density at radius 3 is 3.00 bits per heavy atom. The van der Waals surface area contributed by atoms with Gasteiger partial charge in [0, 0.05) is 10.2 Å². The molecule has 0 amide bonds. The smallest absolute Gasteiger partial charge is 0.309 e. The van der Waals surface area contributed by atoms with Gasteiger partial charge in [0.05, 0.1) is 12.0 Å². The molecule has 1 N–H and O–H groups in total. The van der Waals surface area contributed by atoms with Crippen molar-refractivity contribution in [2.75, 3.05) is 6.61 Å². The molecule has 1 aliphatic heterocycles. The Kier molecular flexibility index (Phi) is 3.25. The zero-order valence-corrected chi connectivity index (χ0v) is 10.2. The number of rotatable bonds is 2. The van der Waals surface area contributed by atoms with Crippen LogP contribution in [-0.2, 0) is 9.53 Å². The molecular weight excluding hydrogens is 307 g/mol. The fourth-order valence-corrected chi connectivity index (χ4v) is 2.42. The summed E-state index contributed by atoms with van der Waals surface area (Å²) in [7, 11) is 0. The molecule has 0 aromatic heterocycles. The molecule has 2 unspecified atom stereocenters. The second-order valence-electron chi connectivity index (χ2n) is 3.58. The molecule has 4 heteroatoms. The number of ether oxygens (including phenoxy) is 1. The molecule has 0 bridgehead atoms.